The molecule has 1 saturated heterocycles. The van der Waals surface area contributed by atoms with Gasteiger partial charge in [-0.15, -0.1) is 0 Å². The van der Waals surface area contributed by atoms with Crippen LogP contribution in [0.5, 0.6) is 0 Å². The van der Waals surface area contributed by atoms with E-state index in [1.54, 1.807) is 11.3 Å². The molecular weight excluding hydrogens is 234 g/mol. The van der Waals surface area contributed by atoms with E-state index in [9.17, 15) is 0 Å². The van der Waals surface area contributed by atoms with Gasteiger partial charge in [0.15, 0.2) is 5.13 Å². The summed E-state index contributed by atoms with van der Waals surface area (Å²) in [6.07, 6.45) is 1.30. The third-order valence-corrected chi connectivity index (χ3v) is 4.05. The summed E-state index contributed by atoms with van der Waals surface area (Å²) in [6.45, 7) is 2.92. The van der Waals surface area contributed by atoms with Gasteiger partial charge < -0.3 is 15.8 Å². The van der Waals surface area contributed by atoms with Crippen LogP contribution in [0.1, 0.15) is 13.3 Å². The first-order chi connectivity index (χ1) is 8.22. The molecule has 3 N–H and O–H groups in total. The normalized spacial score (nSPS) is 24.3. The number of thiazole rings is 1. The van der Waals surface area contributed by atoms with E-state index in [1.807, 2.05) is 18.2 Å². The predicted octanol–water partition coefficient (Wildman–Crippen LogP) is 2.47. The zero-order valence-electron chi connectivity index (χ0n) is 9.64. The van der Waals surface area contributed by atoms with Crippen molar-refractivity contribution in [3.05, 3.63) is 18.2 Å². The molecule has 4 nitrogen and oxygen atoms in total. The smallest absolute Gasteiger partial charge is 0.184 e. The van der Waals surface area contributed by atoms with E-state index in [0.717, 1.165) is 34.1 Å². The van der Waals surface area contributed by atoms with E-state index >= 15 is 0 Å². The Morgan fingerprint density at radius 1 is 1.53 bits per heavy atom. The molecule has 2 aromatic rings. The molecule has 0 radical (unpaired) electrons. The quantitative estimate of drug-likeness (QED) is 0.803. The Labute approximate surface area is 104 Å². The van der Waals surface area contributed by atoms with Gasteiger partial charge in [-0.25, -0.2) is 4.98 Å². The van der Waals surface area contributed by atoms with Crippen LogP contribution in [0.4, 0.5) is 10.8 Å². The number of nitrogens with two attached hydrogens (primary N) is 1. The summed E-state index contributed by atoms with van der Waals surface area (Å²) in [5.41, 5.74) is 7.54. The monoisotopic (exact) mass is 249 g/mol. The third-order valence-electron chi connectivity index (χ3n) is 3.10. The van der Waals surface area contributed by atoms with E-state index in [-0.39, 0.29) is 6.10 Å². The number of hydrogen-bond donors (Lipinski definition) is 2. The summed E-state index contributed by atoms with van der Waals surface area (Å²) in [7, 11) is 0. The van der Waals surface area contributed by atoms with Crippen LogP contribution < -0.4 is 11.1 Å². The Hall–Kier alpha value is -1.33. The minimum Gasteiger partial charge on any atom is -0.399 e. The lowest BCUT2D eigenvalue weighted by molar-refractivity contribution is 0.121. The van der Waals surface area contributed by atoms with Gasteiger partial charge in [-0.1, -0.05) is 11.3 Å². The van der Waals surface area contributed by atoms with Gasteiger partial charge >= 0.3 is 0 Å². The lowest BCUT2D eigenvalue weighted by Gasteiger charge is -2.14. The summed E-state index contributed by atoms with van der Waals surface area (Å²) in [5, 5.41) is 4.39. The van der Waals surface area contributed by atoms with Gasteiger partial charge in [0.25, 0.3) is 0 Å². The minimum absolute atomic E-state index is 0.257. The fourth-order valence-electron chi connectivity index (χ4n) is 2.08. The number of ether oxygens (including phenoxy) is 1. The maximum absolute atomic E-state index is 5.76. The minimum atomic E-state index is 0.257. The van der Waals surface area contributed by atoms with Crippen LogP contribution >= 0.6 is 11.3 Å². The van der Waals surface area contributed by atoms with E-state index in [2.05, 4.69) is 17.2 Å². The molecule has 1 fully saturated rings. The van der Waals surface area contributed by atoms with Crippen molar-refractivity contribution < 1.29 is 4.74 Å². The van der Waals surface area contributed by atoms with E-state index in [0.29, 0.717) is 6.04 Å². The second-order valence-corrected chi connectivity index (χ2v) is 5.39. The zero-order chi connectivity index (χ0) is 11.8. The van der Waals surface area contributed by atoms with Crippen LogP contribution in [0.25, 0.3) is 10.2 Å². The number of hydrogen-bond acceptors (Lipinski definition) is 5. The van der Waals surface area contributed by atoms with Crippen LogP contribution in [-0.2, 0) is 4.74 Å². The average Bonchev–Trinajstić information content (AvgIpc) is 2.85. The van der Waals surface area contributed by atoms with Crippen molar-refractivity contribution in [2.24, 2.45) is 0 Å². The van der Waals surface area contributed by atoms with Crippen molar-refractivity contribution in [1.29, 1.82) is 0 Å². The van der Waals surface area contributed by atoms with Crippen molar-refractivity contribution in [3.8, 4) is 0 Å². The molecule has 2 heterocycles. The first kappa shape index (κ1) is 10.8. The standard InChI is InChI=1S/C12H15N3OS/c1-7-9(4-5-16-7)14-12-15-10-3-2-8(13)6-11(10)17-12/h2-3,6-7,9H,4-5,13H2,1H3,(H,14,15). The Morgan fingerprint density at radius 3 is 3.18 bits per heavy atom. The number of rotatable bonds is 2. The van der Waals surface area contributed by atoms with Crippen LogP contribution in [-0.4, -0.2) is 23.7 Å². The van der Waals surface area contributed by atoms with E-state index < -0.39 is 0 Å². The second-order valence-electron chi connectivity index (χ2n) is 4.36. The molecule has 0 aliphatic carbocycles. The van der Waals surface area contributed by atoms with Crippen LogP contribution in [0.15, 0.2) is 18.2 Å². The van der Waals surface area contributed by atoms with Crippen molar-refractivity contribution in [1.82, 2.24) is 4.98 Å². The number of fused-ring (bicyclic) bond motifs is 1. The SMILES string of the molecule is CC1OCCC1Nc1nc2ccc(N)cc2s1. The Kier molecular flexibility index (Phi) is 2.64. The molecule has 17 heavy (non-hydrogen) atoms. The summed E-state index contributed by atoms with van der Waals surface area (Å²) in [4.78, 5) is 4.55. The van der Waals surface area contributed by atoms with Gasteiger partial charge in [-0.05, 0) is 31.5 Å². The van der Waals surface area contributed by atoms with Gasteiger partial charge in [0.2, 0.25) is 0 Å². The second kappa shape index (κ2) is 4.16. The maximum Gasteiger partial charge on any atom is 0.184 e. The Balaban J connectivity index is 1.85. The number of aromatic nitrogens is 1. The predicted molar refractivity (Wildman–Crippen MR) is 71.5 cm³/mol. The third kappa shape index (κ3) is 2.08. The van der Waals surface area contributed by atoms with Gasteiger partial charge in [0.05, 0.1) is 22.4 Å². The maximum atomic E-state index is 5.76. The van der Waals surface area contributed by atoms with Gasteiger partial charge in [-0.3, -0.25) is 0 Å². The molecular formula is C12H15N3OS. The number of nitrogens with one attached hydrogen (secondary N) is 1. The Bertz CT molecular complexity index is 540. The first-order valence-corrected chi connectivity index (χ1v) is 6.58. The highest BCUT2D eigenvalue weighted by molar-refractivity contribution is 7.22. The molecule has 1 aliphatic heterocycles. The highest BCUT2D eigenvalue weighted by Crippen LogP contribution is 2.29. The summed E-state index contributed by atoms with van der Waals surface area (Å²) in [5.74, 6) is 0. The molecule has 90 valence electrons. The van der Waals surface area contributed by atoms with Gasteiger partial charge in [0, 0.05) is 12.3 Å². The van der Waals surface area contributed by atoms with Crippen molar-refractivity contribution >= 4 is 32.4 Å². The fourth-order valence-corrected chi connectivity index (χ4v) is 3.06. The number of benzene rings is 1. The van der Waals surface area contributed by atoms with Crippen LogP contribution in [0.3, 0.4) is 0 Å². The number of nitrogen functional groups attached to an aromatic ring is 1. The van der Waals surface area contributed by atoms with Crippen molar-refractivity contribution in [3.63, 3.8) is 0 Å². The lowest BCUT2D eigenvalue weighted by Crippen LogP contribution is -2.26. The fraction of sp³-hybridized carbons (Fsp3) is 0.417. The van der Waals surface area contributed by atoms with Crippen LogP contribution in [0.2, 0.25) is 0 Å². The molecule has 0 bridgehead atoms. The van der Waals surface area contributed by atoms with Crippen molar-refractivity contribution in [2.75, 3.05) is 17.7 Å². The van der Waals surface area contributed by atoms with Gasteiger partial charge in [-0.2, -0.15) is 0 Å². The summed E-state index contributed by atoms with van der Waals surface area (Å²) < 4.78 is 6.65. The number of anilines is 2. The summed E-state index contributed by atoms with van der Waals surface area (Å²) in [6, 6.07) is 6.17. The first-order valence-electron chi connectivity index (χ1n) is 5.76. The van der Waals surface area contributed by atoms with Crippen LogP contribution in [0, 0.1) is 0 Å². The molecule has 1 aromatic heterocycles. The van der Waals surface area contributed by atoms with Crippen molar-refractivity contribution in [2.45, 2.75) is 25.5 Å². The molecule has 0 amide bonds. The largest absolute Gasteiger partial charge is 0.399 e. The average molecular weight is 249 g/mol. The zero-order valence-corrected chi connectivity index (χ0v) is 10.5. The molecule has 3 rings (SSSR count). The molecule has 0 spiro atoms. The molecule has 1 aromatic carbocycles. The molecule has 5 heteroatoms. The summed E-state index contributed by atoms with van der Waals surface area (Å²) >= 11 is 1.64. The number of nitrogens with zero attached hydrogens (tertiary/aromatic N) is 1. The topological polar surface area (TPSA) is 60.2 Å². The molecule has 2 atom stereocenters. The van der Waals surface area contributed by atoms with E-state index in [1.165, 1.54) is 0 Å². The molecule has 1 aliphatic rings. The highest BCUT2D eigenvalue weighted by atomic mass is 32.1. The molecule has 0 saturated carbocycles. The van der Waals surface area contributed by atoms with Gasteiger partial charge in [0.1, 0.15) is 0 Å². The van der Waals surface area contributed by atoms with E-state index in [4.69, 9.17) is 10.5 Å². The highest BCUT2D eigenvalue weighted by Gasteiger charge is 2.24. The Morgan fingerprint density at radius 2 is 2.41 bits per heavy atom. The molecule has 2 unspecified atom stereocenters. The lowest BCUT2D eigenvalue weighted by atomic mass is 10.2.